The SMILES string of the molecule is CC1(C)O[C@@H]2[C@@H](CCO[Si](C)(C)C(C)(C)C)C[C@H](O)[C@@H]2O1. The van der Waals surface area contributed by atoms with Gasteiger partial charge in [0, 0.05) is 6.61 Å². The summed E-state index contributed by atoms with van der Waals surface area (Å²) in [5, 5.41) is 10.4. The molecule has 124 valence electrons. The Balaban J connectivity index is 1.87. The molecule has 2 fully saturated rings. The molecule has 1 aliphatic heterocycles. The molecule has 0 aromatic carbocycles. The van der Waals surface area contributed by atoms with Crippen LogP contribution >= 0.6 is 0 Å². The summed E-state index contributed by atoms with van der Waals surface area (Å²) >= 11 is 0. The second-order valence-electron chi connectivity index (χ2n) is 8.53. The third kappa shape index (κ3) is 3.70. The van der Waals surface area contributed by atoms with Crippen LogP contribution in [0.1, 0.15) is 47.5 Å². The number of fused-ring (bicyclic) bond motifs is 1. The molecular formula is C16H32O4Si. The molecule has 0 unspecified atom stereocenters. The maximum atomic E-state index is 10.2. The van der Waals surface area contributed by atoms with Crippen molar-refractivity contribution in [3.63, 3.8) is 0 Å². The highest BCUT2D eigenvalue weighted by atomic mass is 28.4. The lowest BCUT2D eigenvalue weighted by atomic mass is 10.0. The van der Waals surface area contributed by atoms with E-state index in [1.807, 2.05) is 13.8 Å². The third-order valence-electron chi connectivity index (χ3n) is 5.31. The molecule has 4 nitrogen and oxygen atoms in total. The van der Waals surface area contributed by atoms with E-state index in [1.165, 1.54) is 0 Å². The van der Waals surface area contributed by atoms with E-state index < -0.39 is 20.2 Å². The van der Waals surface area contributed by atoms with Gasteiger partial charge in [-0.05, 0) is 50.7 Å². The Kier molecular flexibility index (Phi) is 4.65. The molecular weight excluding hydrogens is 284 g/mol. The lowest BCUT2D eigenvalue weighted by molar-refractivity contribution is -0.167. The van der Waals surface area contributed by atoms with Crippen molar-refractivity contribution in [2.24, 2.45) is 5.92 Å². The van der Waals surface area contributed by atoms with Crippen molar-refractivity contribution in [1.82, 2.24) is 0 Å². The summed E-state index contributed by atoms with van der Waals surface area (Å²) in [4.78, 5) is 0. The number of ether oxygens (including phenoxy) is 2. The summed E-state index contributed by atoms with van der Waals surface area (Å²) in [6.07, 6.45) is 1.13. The minimum absolute atomic E-state index is 0.0121. The van der Waals surface area contributed by atoms with Crippen LogP contribution in [0.2, 0.25) is 18.1 Å². The average molecular weight is 317 g/mol. The Bertz CT molecular complexity index is 375. The van der Waals surface area contributed by atoms with Crippen molar-refractivity contribution < 1.29 is 19.0 Å². The Morgan fingerprint density at radius 1 is 1.19 bits per heavy atom. The van der Waals surface area contributed by atoms with Gasteiger partial charge in [-0.3, -0.25) is 0 Å². The highest BCUT2D eigenvalue weighted by molar-refractivity contribution is 6.74. The van der Waals surface area contributed by atoms with Crippen LogP contribution in [0.5, 0.6) is 0 Å². The molecule has 0 aromatic rings. The Morgan fingerprint density at radius 2 is 1.76 bits per heavy atom. The minimum Gasteiger partial charge on any atom is -0.417 e. The monoisotopic (exact) mass is 316 g/mol. The van der Waals surface area contributed by atoms with Crippen LogP contribution in [0.25, 0.3) is 0 Å². The zero-order valence-electron chi connectivity index (χ0n) is 14.6. The maximum absolute atomic E-state index is 10.2. The minimum atomic E-state index is -1.69. The molecule has 4 atom stereocenters. The summed E-state index contributed by atoms with van der Waals surface area (Å²) in [7, 11) is -1.69. The van der Waals surface area contributed by atoms with E-state index in [1.54, 1.807) is 0 Å². The fraction of sp³-hybridized carbons (Fsp3) is 1.00. The van der Waals surface area contributed by atoms with E-state index in [4.69, 9.17) is 13.9 Å². The van der Waals surface area contributed by atoms with Gasteiger partial charge in [-0.1, -0.05) is 20.8 Å². The van der Waals surface area contributed by atoms with Gasteiger partial charge in [-0.2, -0.15) is 0 Å². The first-order chi connectivity index (χ1) is 9.43. The molecule has 1 saturated carbocycles. The number of hydrogen-bond donors (Lipinski definition) is 1. The quantitative estimate of drug-likeness (QED) is 0.809. The van der Waals surface area contributed by atoms with Crippen molar-refractivity contribution in [1.29, 1.82) is 0 Å². The Hall–Kier alpha value is 0.0569. The van der Waals surface area contributed by atoms with Gasteiger partial charge >= 0.3 is 0 Å². The highest BCUT2D eigenvalue weighted by Gasteiger charge is 2.53. The first-order valence-corrected chi connectivity index (χ1v) is 11.0. The van der Waals surface area contributed by atoms with E-state index in [9.17, 15) is 5.11 Å². The van der Waals surface area contributed by atoms with E-state index in [-0.39, 0.29) is 17.2 Å². The summed E-state index contributed by atoms with van der Waals surface area (Å²) in [5.74, 6) is -0.244. The number of rotatable bonds is 4. The maximum Gasteiger partial charge on any atom is 0.191 e. The number of hydrogen-bond acceptors (Lipinski definition) is 4. The van der Waals surface area contributed by atoms with Crippen molar-refractivity contribution in [3.8, 4) is 0 Å². The van der Waals surface area contributed by atoms with Gasteiger partial charge < -0.3 is 19.0 Å². The van der Waals surface area contributed by atoms with Gasteiger partial charge in [0.15, 0.2) is 14.1 Å². The molecule has 5 heteroatoms. The normalized spacial score (nSPS) is 36.0. The molecule has 1 aliphatic carbocycles. The van der Waals surface area contributed by atoms with E-state index in [2.05, 4.69) is 33.9 Å². The predicted octanol–water partition coefficient (Wildman–Crippen LogP) is 3.30. The molecule has 0 bridgehead atoms. The van der Waals surface area contributed by atoms with Crippen molar-refractivity contribution in [2.75, 3.05) is 6.61 Å². The zero-order chi connectivity index (χ0) is 16.1. The highest BCUT2D eigenvalue weighted by Crippen LogP contribution is 2.43. The van der Waals surface area contributed by atoms with E-state index in [0.29, 0.717) is 5.92 Å². The molecule has 0 amide bonds. The molecule has 0 aromatic heterocycles. The average Bonchev–Trinajstić information content (AvgIpc) is 2.74. The summed E-state index contributed by atoms with van der Waals surface area (Å²) in [6, 6.07) is 0. The van der Waals surface area contributed by atoms with Crippen LogP contribution in [-0.4, -0.2) is 44.1 Å². The number of aliphatic hydroxyl groups is 1. The molecule has 1 N–H and O–H groups in total. The lowest BCUT2D eigenvalue weighted by Crippen LogP contribution is -2.41. The number of aliphatic hydroxyl groups excluding tert-OH is 1. The first-order valence-electron chi connectivity index (χ1n) is 8.11. The smallest absolute Gasteiger partial charge is 0.191 e. The Labute approximate surface area is 130 Å². The molecule has 0 radical (unpaired) electrons. The zero-order valence-corrected chi connectivity index (χ0v) is 15.6. The van der Waals surface area contributed by atoms with Gasteiger partial charge in [0.2, 0.25) is 0 Å². The van der Waals surface area contributed by atoms with E-state index in [0.717, 1.165) is 19.4 Å². The topological polar surface area (TPSA) is 47.9 Å². The largest absolute Gasteiger partial charge is 0.417 e. The molecule has 0 spiro atoms. The van der Waals surface area contributed by atoms with Crippen molar-refractivity contribution in [3.05, 3.63) is 0 Å². The lowest BCUT2D eigenvalue weighted by Gasteiger charge is -2.36. The molecule has 1 heterocycles. The molecule has 2 aliphatic rings. The van der Waals surface area contributed by atoms with Crippen LogP contribution in [-0.2, 0) is 13.9 Å². The fourth-order valence-electron chi connectivity index (χ4n) is 3.02. The van der Waals surface area contributed by atoms with Crippen LogP contribution in [0.3, 0.4) is 0 Å². The molecule has 21 heavy (non-hydrogen) atoms. The van der Waals surface area contributed by atoms with Crippen LogP contribution in [0.4, 0.5) is 0 Å². The second-order valence-corrected chi connectivity index (χ2v) is 13.3. The van der Waals surface area contributed by atoms with Gasteiger partial charge in [-0.15, -0.1) is 0 Å². The van der Waals surface area contributed by atoms with E-state index >= 15 is 0 Å². The first kappa shape index (κ1) is 17.4. The van der Waals surface area contributed by atoms with Crippen LogP contribution < -0.4 is 0 Å². The second kappa shape index (κ2) is 5.60. The standard InChI is InChI=1S/C16H32O4Si/c1-15(2,3)21(6,7)18-9-8-11-10-12(17)14-13(11)19-16(4,5)20-14/h11-14,17H,8-10H2,1-7H3/t11-,12-,13+,14-/m0/s1. The summed E-state index contributed by atoms with van der Waals surface area (Å²) in [6.45, 7) is 15.9. The molecule has 1 saturated heterocycles. The predicted molar refractivity (Wildman–Crippen MR) is 85.7 cm³/mol. The van der Waals surface area contributed by atoms with Gasteiger partial charge in [0.25, 0.3) is 0 Å². The fourth-order valence-corrected chi connectivity index (χ4v) is 4.08. The third-order valence-corrected chi connectivity index (χ3v) is 9.85. The van der Waals surface area contributed by atoms with Crippen LogP contribution in [0, 0.1) is 5.92 Å². The van der Waals surface area contributed by atoms with Crippen molar-refractivity contribution in [2.45, 2.75) is 89.7 Å². The van der Waals surface area contributed by atoms with Gasteiger partial charge in [0.05, 0.1) is 12.2 Å². The van der Waals surface area contributed by atoms with Gasteiger partial charge in [-0.25, -0.2) is 0 Å². The molecule has 2 rings (SSSR count). The van der Waals surface area contributed by atoms with Crippen molar-refractivity contribution >= 4 is 8.32 Å². The summed E-state index contributed by atoms with van der Waals surface area (Å²) < 4.78 is 18.0. The van der Waals surface area contributed by atoms with Crippen LogP contribution in [0.15, 0.2) is 0 Å². The summed E-state index contributed by atoms with van der Waals surface area (Å²) in [5.41, 5.74) is 0. The van der Waals surface area contributed by atoms with Gasteiger partial charge in [0.1, 0.15) is 6.10 Å². The Morgan fingerprint density at radius 3 is 2.33 bits per heavy atom.